The highest BCUT2D eigenvalue weighted by Gasteiger charge is 2.49. The molecule has 7 heteroatoms. The number of aromatic nitrogens is 3. The molecule has 0 saturated heterocycles. The zero-order chi connectivity index (χ0) is 20.1. The monoisotopic (exact) mass is 379 g/mol. The molecule has 144 valence electrons. The molecule has 7 nitrogen and oxygen atoms in total. The molecule has 0 amide bonds. The Balaban J connectivity index is 2.19. The first-order valence-electron chi connectivity index (χ1n) is 8.72. The second kappa shape index (κ2) is 8.14. The van der Waals surface area contributed by atoms with Crippen molar-refractivity contribution in [1.82, 2.24) is 15.0 Å². The largest absolute Gasteiger partial charge is 0.478 e. The van der Waals surface area contributed by atoms with E-state index >= 15 is 0 Å². The van der Waals surface area contributed by atoms with Crippen LogP contribution >= 0.6 is 0 Å². The summed E-state index contributed by atoms with van der Waals surface area (Å²) in [4.78, 5) is 24.7. The Morgan fingerprint density at radius 2 is 1.36 bits per heavy atom. The minimum absolute atomic E-state index is 0.0642. The van der Waals surface area contributed by atoms with E-state index < -0.39 is 17.7 Å². The van der Waals surface area contributed by atoms with Crippen molar-refractivity contribution in [2.24, 2.45) is 0 Å². The van der Waals surface area contributed by atoms with Crippen LogP contribution in [0.5, 0.6) is 6.01 Å². The van der Waals surface area contributed by atoms with E-state index in [1.54, 1.807) is 38.1 Å². The van der Waals surface area contributed by atoms with Crippen molar-refractivity contribution in [1.29, 1.82) is 0 Å². The van der Waals surface area contributed by atoms with Crippen molar-refractivity contribution < 1.29 is 19.4 Å². The number of carbonyl (C=O) groups is 1. The Morgan fingerprint density at radius 3 is 1.75 bits per heavy atom. The fraction of sp³-hybridized carbons (Fsp3) is 0.238. The summed E-state index contributed by atoms with van der Waals surface area (Å²) in [5.41, 5.74) is -0.139. The molecule has 0 saturated carbocycles. The van der Waals surface area contributed by atoms with Gasteiger partial charge in [-0.25, -0.2) is 9.78 Å². The SMILES string of the molecule is COC(c1ccccc1)(c1ccccc1)C(Oc1nc(C)nc(C)n1)C(=O)O. The maximum Gasteiger partial charge on any atom is 0.348 e. The van der Waals surface area contributed by atoms with Crippen LogP contribution in [0.1, 0.15) is 22.8 Å². The van der Waals surface area contributed by atoms with Crippen LogP contribution in [0.4, 0.5) is 0 Å². The maximum atomic E-state index is 12.3. The van der Waals surface area contributed by atoms with E-state index in [0.29, 0.717) is 22.8 Å². The number of hydrogen-bond donors (Lipinski definition) is 1. The molecule has 0 aliphatic rings. The van der Waals surface area contributed by atoms with Crippen molar-refractivity contribution in [3.05, 3.63) is 83.4 Å². The zero-order valence-corrected chi connectivity index (χ0v) is 15.9. The van der Waals surface area contributed by atoms with Crippen LogP contribution in [0.25, 0.3) is 0 Å². The molecule has 0 radical (unpaired) electrons. The molecule has 0 spiro atoms. The van der Waals surface area contributed by atoms with E-state index in [1.165, 1.54) is 7.11 Å². The third-order valence-electron chi connectivity index (χ3n) is 4.38. The summed E-state index contributed by atoms with van der Waals surface area (Å²) >= 11 is 0. The number of benzene rings is 2. The van der Waals surface area contributed by atoms with Gasteiger partial charge < -0.3 is 14.6 Å². The van der Waals surface area contributed by atoms with Gasteiger partial charge in [-0.1, -0.05) is 60.7 Å². The van der Waals surface area contributed by atoms with Crippen LogP contribution < -0.4 is 4.74 Å². The van der Waals surface area contributed by atoms with Crippen LogP contribution in [0.3, 0.4) is 0 Å². The number of carboxylic acids is 1. The summed E-state index contributed by atoms with van der Waals surface area (Å²) in [7, 11) is 1.46. The number of aryl methyl sites for hydroxylation is 2. The molecule has 28 heavy (non-hydrogen) atoms. The number of ether oxygens (including phenoxy) is 2. The van der Waals surface area contributed by atoms with E-state index in [9.17, 15) is 9.90 Å². The fourth-order valence-electron chi connectivity index (χ4n) is 3.24. The summed E-state index contributed by atoms with van der Waals surface area (Å²) in [6.45, 7) is 3.38. The standard InChI is InChI=1S/C21H21N3O4/c1-14-22-15(2)24-20(23-14)28-18(19(25)26)21(27-3,16-10-6-4-7-11-16)17-12-8-5-9-13-17/h4-13,18H,1-3H3,(H,25,26). The number of methoxy groups -OCH3 is 1. The van der Waals surface area contributed by atoms with Gasteiger partial charge in [0, 0.05) is 7.11 Å². The lowest BCUT2D eigenvalue weighted by molar-refractivity contribution is -0.160. The first-order chi connectivity index (χ1) is 13.5. The Labute approximate surface area is 163 Å². The maximum absolute atomic E-state index is 12.3. The van der Waals surface area contributed by atoms with Gasteiger partial charge in [-0.15, -0.1) is 0 Å². The van der Waals surface area contributed by atoms with Crippen LogP contribution in [-0.2, 0) is 15.1 Å². The molecule has 0 aliphatic heterocycles. The summed E-state index contributed by atoms with van der Waals surface area (Å²) in [6.07, 6.45) is -1.44. The van der Waals surface area contributed by atoms with Gasteiger partial charge in [0.15, 0.2) is 5.60 Å². The Hall–Kier alpha value is -3.32. The number of carboxylic acid groups (broad SMARTS) is 1. The first kappa shape index (κ1) is 19.4. The first-order valence-corrected chi connectivity index (χ1v) is 8.72. The van der Waals surface area contributed by atoms with Gasteiger partial charge in [-0.05, 0) is 25.0 Å². The van der Waals surface area contributed by atoms with Crippen LogP contribution in [-0.4, -0.2) is 39.2 Å². The highest BCUT2D eigenvalue weighted by atomic mass is 16.6. The quantitative estimate of drug-likeness (QED) is 0.674. The molecule has 1 unspecified atom stereocenters. The molecule has 0 bridgehead atoms. The number of nitrogens with zero attached hydrogens (tertiary/aromatic N) is 3. The summed E-state index contributed by atoms with van der Waals surface area (Å²) < 4.78 is 11.7. The zero-order valence-electron chi connectivity index (χ0n) is 15.9. The average molecular weight is 379 g/mol. The Morgan fingerprint density at radius 1 is 0.893 bits per heavy atom. The molecule has 1 heterocycles. The number of rotatable bonds is 7. The average Bonchev–Trinajstić information content (AvgIpc) is 2.69. The van der Waals surface area contributed by atoms with Crippen molar-refractivity contribution in [3.63, 3.8) is 0 Å². The lowest BCUT2D eigenvalue weighted by Gasteiger charge is -2.37. The lowest BCUT2D eigenvalue weighted by atomic mass is 9.81. The predicted molar refractivity (Wildman–Crippen MR) is 102 cm³/mol. The van der Waals surface area contributed by atoms with E-state index in [1.807, 2.05) is 36.4 Å². The highest BCUT2D eigenvalue weighted by Crippen LogP contribution is 2.38. The fourth-order valence-corrected chi connectivity index (χ4v) is 3.24. The van der Waals surface area contributed by atoms with Gasteiger partial charge in [0.1, 0.15) is 11.6 Å². The second-order valence-corrected chi connectivity index (χ2v) is 6.22. The molecule has 3 aromatic rings. The van der Waals surface area contributed by atoms with E-state index in [4.69, 9.17) is 9.47 Å². The normalized spacial score (nSPS) is 12.4. The van der Waals surface area contributed by atoms with E-state index in [-0.39, 0.29) is 6.01 Å². The summed E-state index contributed by atoms with van der Waals surface area (Å²) in [6, 6.07) is 18.1. The van der Waals surface area contributed by atoms with Crippen molar-refractivity contribution in [3.8, 4) is 6.01 Å². The molecule has 3 rings (SSSR count). The van der Waals surface area contributed by atoms with E-state index in [2.05, 4.69) is 15.0 Å². The third-order valence-corrected chi connectivity index (χ3v) is 4.38. The number of hydrogen-bond acceptors (Lipinski definition) is 6. The second-order valence-electron chi connectivity index (χ2n) is 6.22. The molecule has 0 fully saturated rings. The van der Waals surface area contributed by atoms with Gasteiger partial charge in [-0.3, -0.25) is 0 Å². The molecule has 2 aromatic carbocycles. The molecule has 1 N–H and O–H groups in total. The predicted octanol–water partition coefficient (Wildman–Crippen LogP) is 2.91. The van der Waals surface area contributed by atoms with E-state index in [0.717, 1.165) is 0 Å². The highest BCUT2D eigenvalue weighted by molar-refractivity contribution is 5.76. The summed E-state index contributed by atoms with van der Waals surface area (Å²) in [5.74, 6) is -0.326. The van der Waals surface area contributed by atoms with Crippen molar-refractivity contribution >= 4 is 5.97 Å². The molecule has 0 aliphatic carbocycles. The molecular weight excluding hydrogens is 358 g/mol. The van der Waals surface area contributed by atoms with Gasteiger partial charge in [0.25, 0.3) is 0 Å². The van der Waals surface area contributed by atoms with Crippen LogP contribution in [0.15, 0.2) is 60.7 Å². The molecule has 1 aromatic heterocycles. The Kier molecular flexibility index (Phi) is 5.65. The molecule has 1 atom stereocenters. The number of aliphatic carboxylic acids is 1. The topological polar surface area (TPSA) is 94.4 Å². The minimum Gasteiger partial charge on any atom is -0.478 e. The lowest BCUT2D eigenvalue weighted by Crippen LogP contribution is -2.50. The van der Waals surface area contributed by atoms with Gasteiger partial charge >= 0.3 is 12.0 Å². The van der Waals surface area contributed by atoms with Gasteiger partial charge in [-0.2, -0.15) is 9.97 Å². The van der Waals surface area contributed by atoms with Crippen LogP contribution in [0, 0.1) is 13.8 Å². The summed E-state index contributed by atoms with van der Waals surface area (Å²) in [5, 5.41) is 10.1. The van der Waals surface area contributed by atoms with Crippen molar-refractivity contribution in [2.75, 3.05) is 7.11 Å². The van der Waals surface area contributed by atoms with Gasteiger partial charge in [0.05, 0.1) is 0 Å². The minimum atomic E-state index is -1.44. The van der Waals surface area contributed by atoms with Gasteiger partial charge in [0.2, 0.25) is 6.10 Å². The Bertz CT molecular complexity index is 889. The molecular formula is C21H21N3O4. The van der Waals surface area contributed by atoms with Crippen LogP contribution in [0.2, 0.25) is 0 Å². The third kappa shape index (κ3) is 3.70. The van der Waals surface area contributed by atoms with Crippen molar-refractivity contribution in [2.45, 2.75) is 25.6 Å². The smallest absolute Gasteiger partial charge is 0.348 e.